The molecule has 4 heteroatoms. The summed E-state index contributed by atoms with van der Waals surface area (Å²) in [5.41, 5.74) is 0. The SMILES string of the molecule is COC(=O)CCCCCCCCC1OCCO1. The third kappa shape index (κ3) is 7.34. The topological polar surface area (TPSA) is 44.8 Å². The van der Waals surface area contributed by atoms with Gasteiger partial charge in [0.25, 0.3) is 0 Å². The monoisotopic (exact) mass is 244 g/mol. The van der Waals surface area contributed by atoms with Crippen LogP contribution in [0.25, 0.3) is 0 Å². The van der Waals surface area contributed by atoms with Crippen molar-refractivity contribution in [1.82, 2.24) is 0 Å². The van der Waals surface area contributed by atoms with Gasteiger partial charge in [0, 0.05) is 6.42 Å². The van der Waals surface area contributed by atoms with Gasteiger partial charge in [-0.1, -0.05) is 25.7 Å². The van der Waals surface area contributed by atoms with Crippen LogP contribution >= 0.6 is 0 Å². The van der Waals surface area contributed by atoms with Crippen LogP contribution in [0.15, 0.2) is 0 Å². The van der Waals surface area contributed by atoms with Crippen LogP contribution in [0.1, 0.15) is 51.4 Å². The van der Waals surface area contributed by atoms with Crippen molar-refractivity contribution in [3.8, 4) is 0 Å². The molecular weight excluding hydrogens is 220 g/mol. The zero-order valence-corrected chi connectivity index (χ0v) is 10.8. The molecule has 0 atom stereocenters. The zero-order chi connectivity index (χ0) is 12.3. The number of carbonyl (C=O) groups excluding carboxylic acids is 1. The molecule has 0 N–H and O–H groups in total. The number of esters is 1. The van der Waals surface area contributed by atoms with E-state index in [1.807, 2.05) is 0 Å². The molecule has 100 valence electrons. The van der Waals surface area contributed by atoms with Gasteiger partial charge in [-0.3, -0.25) is 4.79 Å². The van der Waals surface area contributed by atoms with E-state index in [9.17, 15) is 4.79 Å². The van der Waals surface area contributed by atoms with Crippen molar-refractivity contribution in [1.29, 1.82) is 0 Å². The first-order valence-electron chi connectivity index (χ1n) is 6.63. The van der Waals surface area contributed by atoms with Gasteiger partial charge in [-0.05, 0) is 19.3 Å². The Morgan fingerprint density at radius 1 is 1.06 bits per heavy atom. The predicted octanol–water partition coefficient (Wildman–Crippen LogP) is 2.65. The molecule has 0 spiro atoms. The lowest BCUT2D eigenvalue weighted by molar-refractivity contribution is -0.140. The Balaban J connectivity index is 1.76. The Labute approximate surface area is 104 Å². The zero-order valence-electron chi connectivity index (χ0n) is 10.8. The third-order valence-corrected chi connectivity index (χ3v) is 2.99. The lowest BCUT2D eigenvalue weighted by Gasteiger charge is -2.07. The molecular formula is C13H24O4. The first-order chi connectivity index (χ1) is 8.33. The van der Waals surface area contributed by atoms with Crippen LogP contribution < -0.4 is 0 Å². The summed E-state index contributed by atoms with van der Waals surface area (Å²) in [5.74, 6) is -0.0967. The number of hydrogen-bond donors (Lipinski definition) is 0. The van der Waals surface area contributed by atoms with E-state index in [1.54, 1.807) is 0 Å². The Morgan fingerprint density at radius 3 is 2.29 bits per heavy atom. The van der Waals surface area contributed by atoms with Crippen LogP contribution in [-0.2, 0) is 19.0 Å². The third-order valence-electron chi connectivity index (χ3n) is 2.99. The Kier molecular flexibility index (Phi) is 8.01. The maximum atomic E-state index is 10.8. The second-order valence-electron chi connectivity index (χ2n) is 4.41. The predicted molar refractivity (Wildman–Crippen MR) is 64.6 cm³/mol. The molecule has 0 aliphatic carbocycles. The minimum absolute atomic E-state index is 0.0503. The fourth-order valence-corrected chi connectivity index (χ4v) is 1.96. The van der Waals surface area contributed by atoms with Gasteiger partial charge in [0.1, 0.15) is 0 Å². The molecule has 1 aliphatic rings. The molecule has 0 aromatic rings. The van der Waals surface area contributed by atoms with Gasteiger partial charge in [0.05, 0.1) is 20.3 Å². The van der Waals surface area contributed by atoms with Crippen LogP contribution in [-0.4, -0.2) is 32.6 Å². The summed E-state index contributed by atoms with van der Waals surface area (Å²) in [6, 6.07) is 0. The Bertz CT molecular complexity index is 200. The molecule has 0 radical (unpaired) electrons. The van der Waals surface area contributed by atoms with Crippen molar-refractivity contribution in [2.45, 2.75) is 57.7 Å². The van der Waals surface area contributed by atoms with Crippen molar-refractivity contribution in [3.05, 3.63) is 0 Å². The van der Waals surface area contributed by atoms with Gasteiger partial charge in [-0.25, -0.2) is 0 Å². The van der Waals surface area contributed by atoms with Crippen molar-refractivity contribution in [2.75, 3.05) is 20.3 Å². The number of carbonyl (C=O) groups is 1. The summed E-state index contributed by atoms with van der Waals surface area (Å²) in [5, 5.41) is 0. The lowest BCUT2D eigenvalue weighted by Crippen LogP contribution is -2.06. The van der Waals surface area contributed by atoms with E-state index in [-0.39, 0.29) is 12.3 Å². The van der Waals surface area contributed by atoms with Crippen molar-refractivity contribution in [3.63, 3.8) is 0 Å². The summed E-state index contributed by atoms with van der Waals surface area (Å²) >= 11 is 0. The van der Waals surface area contributed by atoms with E-state index < -0.39 is 0 Å². The molecule has 1 saturated heterocycles. The van der Waals surface area contributed by atoms with Crippen LogP contribution in [0.4, 0.5) is 0 Å². The average Bonchev–Trinajstić information content (AvgIpc) is 2.85. The molecule has 0 bridgehead atoms. The minimum atomic E-state index is -0.0967. The van der Waals surface area contributed by atoms with Gasteiger partial charge in [-0.15, -0.1) is 0 Å². The molecule has 0 aromatic carbocycles. The molecule has 4 nitrogen and oxygen atoms in total. The molecule has 17 heavy (non-hydrogen) atoms. The Morgan fingerprint density at radius 2 is 1.65 bits per heavy atom. The summed E-state index contributed by atoms with van der Waals surface area (Å²) in [4.78, 5) is 10.8. The smallest absolute Gasteiger partial charge is 0.305 e. The van der Waals surface area contributed by atoms with Crippen LogP contribution in [0.3, 0.4) is 0 Å². The first kappa shape index (κ1) is 14.5. The normalized spacial score (nSPS) is 16.3. The van der Waals surface area contributed by atoms with Crippen LogP contribution in [0, 0.1) is 0 Å². The highest BCUT2D eigenvalue weighted by Crippen LogP contribution is 2.14. The van der Waals surface area contributed by atoms with Gasteiger partial charge in [0.15, 0.2) is 6.29 Å². The maximum absolute atomic E-state index is 10.8. The van der Waals surface area contributed by atoms with E-state index in [4.69, 9.17) is 9.47 Å². The van der Waals surface area contributed by atoms with Crippen LogP contribution in [0.2, 0.25) is 0 Å². The highest BCUT2D eigenvalue weighted by molar-refractivity contribution is 5.68. The number of unbranched alkanes of at least 4 members (excludes halogenated alkanes) is 5. The van der Waals surface area contributed by atoms with E-state index in [2.05, 4.69) is 4.74 Å². The molecule has 1 heterocycles. The Hall–Kier alpha value is -0.610. The lowest BCUT2D eigenvalue weighted by atomic mass is 10.1. The molecule has 0 saturated carbocycles. The summed E-state index contributed by atoms with van der Waals surface area (Å²) in [6.07, 6.45) is 8.50. The molecule has 0 amide bonds. The first-order valence-corrected chi connectivity index (χ1v) is 6.63. The van der Waals surface area contributed by atoms with E-state index in [0.717, 1.165) is 32.5 Å². The van der Waals surface area contributed by atoms with Crippen molar-refractivity contribution >= 4 is 5.97 Å². The highest BCUT2D eigenvalue weighted by atomic mass is 16.7. The molecule has 1 aliphatic heterocycles. The van der Waals surface area contributed by atoms with Crippen molar-refractivity contribution < 1.29 is 19.0 Å². The number of rotatable bonds is 9. The highest BCUT2D eigenvalue weighted by Gasteiger charge is 2.14. The fourth-order valence-electron chi connectivity index (χ4n) is 1.96. The number of hydrogen-bond acceptors (Lipinski definition) is 4. The summed E-state index contributed by atoms with van der Waals surface area (Å²) < 4.78 is 15.3. The second-order valence-corrected chi connectivity index (χ2v) is 4.41. The van der Waals surface area contributed by atoms with Gasteiger partial charge in [-0.2, -0.15) is 0 Å². The summed E-state index contributed by atoms with van der Waals surface area (Å²) in [7, 11) is 1.44. The van der Waals surface area contributed by atoms with Gasteiger partial charge < -0.3 is 14.2 Å². The fraction of sp³-hybridized carbons (Fsp3) is 0.923. The van der Waals surface area contributed by atoms with E-state index >= 15 is 0 Å². The molecule has 1 fully saturated rings. The number of methoxy groups -OCH3 is 1. The molecule has 1 rings (SSSR count). The quantitative estimate of drug-likeness (QED) is 0.462. The maximum Gasteiger partial charge on any atom is 0.305 e. The molecule has 0 unspecified atom stereocenters. The minimum Gasteiger partial charge on any atom is -0.469 e. The van der Waals surface area contributed by atoms with E-state index in [0.29, 0.717) is 6.42 Å². The largest absolute Gasteiger partial charge is 0.469 e. The van der Waals surface area contributed by atoms with Gasteiger partial charge in [0.2, 0.25) is 0 Å². The summed E-state index contributed by atoms with van der Waals surface area (Å²) in [6.45, 7) is 1.50. The number of ether oxygens (including phenoxy) is 3. The standard InChI is InChI=1S/C13H24O4/c1-15-12(14)8-6-4-2-3-5-7-9-13-16-10-11-17-13/h13H,2-11H2,1H3. The van der Waals surface area contributed by atoms with Crippen LogP contribution in [0.5, 0.6) is 0 Å². The second kappa shape index (κ2) is 9.42. The van der Waals surface area contributed by atoms with Gasteiger partial charge >= 0.3 is 5.97 Å². The molecule has 0 aromatic heterocycles. The average molecular weight is 244 g/mol. The van der Waals surface area contributed by atoms with Crippen molar-refractivity contribution in [2.24, 2.45) is 0 Å². The van der Waals surface area contributed by atoms with E-state index in [1.165, 1.54) is 32.8 Å².